The number of benzene rings is 2. The van der Waals surface area contributed by atoms with Gasteiger partial charge in [0.25, 0.3) is 0 Å². The van der Waals surface area contributed by atoms with Crippen molar-refractivity contribution in [3.05, 3.63) is 64.7 Å². The van der Waals surface area contributed by atoms with Gasteiger partial charge in [-0.3, -0.25) is 4.79 Å². The van der Waals surface area contributed by atoms with Crippen molar-refractivity contribution < 1.29 is 13.6 Å². The molecule has 0 radical (unpaired) electrons. The first-order chi connectivity index (χ1) is 12.0. The second-order valence-corrected chi connectivity index (χ2v) is 7.03. The van der Waals surface area contributed by atoms with Gasteiger partial charge in [-0.15, -0.1) is 12.4 Å². The van der Waals surface area contributed by atoms with Crippen LogP contribution in [0.5, 0.6) is 0 Å². The smallest absolute Gasteiger partial charge is 0.224 e. The molecule has 2 aliphatic carbocycles. The molecule has 3 unspecified atom stereocenters. The Bertz CT molecular complexity index is 843. The Morgan fingerprint density at radius 2 is 1.92 bits per heavy atom. The molecule has 138 valence electrons. The lowest BCUT2D eigenvalue weighted by Gasteiger charge is -2.26. The fourth-order valence-corrected chi connectivity index (χ4v) is 3.89. The van der Waals surface area contributed by atoms with Gasteiger partial charge in [0, 0.05) is 11.6 Å². The minimum atomic E-state index is -0.471. The summed E-state index contributed by atoms with van der Waals surface area (Å²) in [5.74, 6) is -1.51. The van der Waals surface area contributed by atoms with Crippen LogP contribution in [0, 0.1) is 17.6 Å². The first kappa shape index (κ1) is 18.6. The summed E-state index contributed by atoms with van der Waals surface area (Å²) in [6, 6.07) is 9.19. The number of aryl methyl sites for hydroxylation is 1. The summed E-state index contributed by atoms with van der Waals surface area (Å²) in [5.41, 5.74) is 9.17. The number of anilines is 1. The number of halogens is 3. The van der Waals surface area contributed by atoms with Crippen molar-refractivity contribution in [2.24, 2.45) is 5.92 Å². The predicted molar refractivity (Wildman–Crippen MR) is 99.1 cm³/mol. The van der Waals surface area contributed by atoms with E-state index in [4.69, 9.17) is 5.73 Å². The maximum absolute atomic E-state index is 13.9. The van der Waals surface area contributed by atoms with Gasteiger partial charge in [-0.1, -0.05) is 6.07 Å². The van der Waals surface area contributed by atoms with Crippen molar-refractivity contribution in [2.75, 3.05) is 5.73 Å². The van der Waals surface area contributed by atoms with E-state index in [0.29, 0.717) is 12.0 Å². The zero-order valence-electron chi connectivity index (χ0n) is 14.2. The molecule has 1 saturated carbocycles. The van der Waals surface area contributed by atoms with Gasteiger partial charge in [-0.2, -0.15) is 0 Å². The molecule has 26 heavy (non-hydrogen) atoms. The van der Waals surface area contributed by atoms with E-state index in [9.17, 15) is 13.6 Å². The van der Waals surface area contributed by atoms with Gasteiger partial charge < -0.3 is 11.1 Å². The molecule has 0 aromatic heterocycles. The number of rotatable bonds is 3. The van der Waals surface area contributed by atoms with Crippen molar-refractivity contribution in [3.8, 4) is 0 Å². The van der Waals surface area contributed by atoms with Gasteiger partial charge in [-0.05, 0) is 78.6 Å². The summed E-state index contributed by atoms with van der Waals surface area (Å²) in [4.78, 5) is 12.6. The third-order valence-corrected chi connectivity index (χ3v) is 5.28. The minimum absolute atomic E-state index is 0. The lowest BCUT2D eigenvalue weighted by molar-refractivity contribution is -0.123. The fourth-order valence-electron chi connectivity index (χ4n) is 3.89. The highest BCUT2D eigenvalue weighted by atomic mass is 35.5. The van der Waals surface area contributed by atoms with E-state index in [1.807, 2.05) is 18.2 Å². The molecule has 0 heterocycles. The van der Waals surface area contributed by atoms with Crippen LogP contribution in [0.25, 0.3) is 0 Å². The average molecular weight is 379 g/mol. The molecule has 3 atom stereocenters. The van der Waals surface area contributed by atoms with Gasteiger partial charge in [-0.25, -0.2) is 8.78 Å². The third kappa shape index (κ3) is 3.54. The number of nitrogens with one attached hydrogen (secondary N) is 1. The number of carbonyl (C=O) groups excluding carboxylic acids is 1. The molecule has 0 saturated heterocycles. The van der Waals surface area contributed by atoms with E-state index in [1.54, 1.807) is 0 Å². The van der Waals surface area contributed by atoms with E-state index in [-0.39, 0.29) is 36.2 Å². The van der Waals surface area contributed by atoms with E-state index in [1.165, 1.54) is 11.6 Å². The number of amides is 1. The predicted octanol–water partition coefficient (Wildman–Crippen LogP) is 4.27. The Hall–Kier alpha value is -2.14. The number of hydrogen-bond acceptors (Lipinski definition) is 2. The Balaban J connectivity index is 0.00000196. The standard InChI is InChI=1S/C20H20F2N2O.ClH/c21-12-4-7-18(22)16(9-12)15-10-17(15)20(25)24-19-3-1-2-11-8-13(23)5-6-14(11)19;/h4-9,15,17,19H,1-3,10,23H2,(H,24,25);1H. The zero-order chi connectivity index (χ0) is 17.6. The lowest BCUT2D eigenvalue weighted by atomic mass is 9.87. The molecule has 0 aliphatic heterocycles. The summed E-state index contributed by atoms with van der Waals surface area (Å²) < 4.78 is 27.2. The number of nitrogen functional groups attached to an aromatic ring is 1. The first-order valence-corrected chi connectivity index (χ1v) is 8.66. The minimum Gasteiger partial charge on any atom is -0.399 e. The van der Waals surface area contributed by atoms with Crippen LogP contribution < -0.4 is 11.1 Å². The van der Waals surface area contributed by atoms with E-state index in [0.717, 1.165) is 42.6 Å². The van der Waals surface area contributed by atoms with Crippen molar-refractivity contribution in [2.45, 2.75) is 37.6 Å². The highest BCUT2D eigenvalue weighted by molar-refractivity contribution is 5.85. The third-order valence-electron chi connectivity index (χ3n) is 5.28. The molecule has 0 bridgehead atoms. The zero-order valence-corrected chi connectivity index (χ0v) is 15.0. The quantitative estimate of drug-likeness (QED) is 0.784. The maximum atomic E-state index is 13.9. The highest BCUT2D eigenvalue weighted by Crippen LogP contribution is 2.49. The summed E-state index contributed by atoms with van der Waals surface area (Å²) in [7, 11) is 0. The van der Waals surface area contributed by atoms with Gasteiger partial charge in [0.05, 0.1) is 6.04 Å². The fraction of sp³-hybridized carbons (Fsp3) is 0.350. The molecule has 3 N–H and O–H groups in total. The Morgan fingerprint density at radius 3 is 2.73 bits per heavy atom. The number of nitrogens with two attached hydrogens (primary N) is 1. The van der Waals surface area contributed by atoms with E-state index in [2.05, 4.69) is 5.32 Å². The molecule has 2 aliphatic rings. The van der Waals surface area contributed by atoms with E-state index >= 15 is 0 Å². The lowest BCUT2D eigenvalue weighted by Crippen LogP contribution is -2.32. The monoisotopic (exact) mass is 378 g/mol. The van der Waals surface area contributed by atoms with Crippen LogP contribution in [0.1, 0.15) is 47.9 Å². The normalized spacial score (nSPS) is 23.5. The van der Waals surface area contributed by atoms with Gasteiger partial charge in [0.1, 0.15) is 11.6 Å². The first-order valence-electron chi connectivity index (χ1n) is 8.66. The van der Waals surface area contributed by atoms with Crippen LogP contribution in [-0.2, 0) is 11.2 Å². The molecule has 1 amide bonds. The molecular weight excluding hydrogens is 358 g/mol. The molecule has 4 rings (SSSR count). The summed E-state index contributed by atoms with van der Waals surface area (Å²) in [6.07, 6.45) is 3.41. The van der Waals surface area contributed by atoms with Crippen LogP contribution in [0.4, 0.5) is 14.5 Å². The van der Waals surface area contributed by atoms with Crippen LogP contribution in [0.3, 0.4) is 0 Å². The molecule has 2 aromatic rings. The van der Waals surface area contributed by atoms with Crippen LogP contribution in [0.15, 0.2) is 36.4 Å². The van der Waals surface area contributed by atoms with Gasteiger partial charge in [0.15, 0.2) is 0 Å². The van der Waals surface area contributed by atoms with Crippen LogP contribution >= 0.6 is 12.4 Å². The van der Waals surface area contributed by atoms with Gasteiger partial charge in [0.2, 0.25) is 5.91 Å². The van der Waals surface area contributed by atoms with E-state index < -0.39 is 11.6 Å². The molecule has 0 spiro atoms. The molecule has 3 nitrogen and oxygen atoms in total. The Morgan fingerprint density at radius 1 is 1.12 bits per heavy atom. The van der Waals surface area contributed by atoms with Crippen molar-refractivity contribution >= 4 is 24.0 Å². The van der Waals surface area contributed by atoms with Crippen molar-refractivity contribution in [3.63, 3.8) is 0 Å². The number of hydrogen-bond donors (Lipinski definition) is 2. The SMILES string of the molecule is Cl.Nc1ccc2c(c1)CCCC2NC(=O)C1CC1c1cc(F)ccc1F. The number of carbonyl (C=O) groups is 1. The van der Waals surface area contributed by atoms with Crippen LogP contribution in [0.2, 0.25) is 0 Å². The number of fused-ring (bicyclic) bond motifs is 1. The van der Waals surface area contributed by atoms with Crippen molar-refractivity contribution in [1.29, 1.82) is 0 Å². The second kappa shape index (κ2) is 7.23. The van der Waals surface area contributed by atoms with Crippen molar-refractivity contribution in [1.82, 2.24) is 5.32 Å². The Labute approximate surface area is 157 Å². The second-order valence-electron chi connectivity index (χ2n) is 7.03. The molecule has 1 fully saturated rings. The molecule has 2 aromatic carbocycles. The topological polar surface area (TPSA) is 55.1 Å². The van der Waals surface area contributed by atoms with Gasteiger partial charge >= 0.3 is 0 Å². The maximum Gasteiger partial charge on any atom is 0.224 e. The highest BCUT2D eigenvalue weighted by Gasteiger charge is 2.46. The summed E-state index contributed by atoms with van der Waals surface area (Å²) >= 11 is 0. The summed E-state index contributed by atoms with van der Waals surface area (Å²) in [5, 5.41) is 3.09. The molecule has 6 heteroatoms. The average Bonchev–Trinajstić information content (AvgIpc) is 3.37. The largest absolute Gasteiger partial charge is 0.399 e. The van der Waals surface area contributed by atoms with Crippen LogP contribution in [-0.4, -0.2) is 5.91 Å². The Kier molecular flexibility index (Phi) is 5.19. The summed E-state index contributed by atoms with van der Waals surface area (Å²) in [6.45, 7) is 0. The molecular formula is C20H21ClF2N2O.